The van der Waals surface area contributed by atoms with Crippen molar-refractivity contribution in [2.45, 2.75) is 6.92 Å². The molecule has 2 rings (SSSR count). The Kier molecular flexibility index (Phi) is 3.05. The molecule has 5 heteroatoms. The highest BCUT2D eigenvalue weighted by atomic mass is 16.6. The topological polar surface area (TPSA) is 48.4 Å². The molecule has 0 aliphatic carbocycles. The quantitative estimate of drug-likeness (QED) is 0.731. The van der Waals surface area contributed by atoms with Crippen molar-refractivity contribution in [2.24, 2.45) is 0 Å². The first-order chi connectivity index (χ1) is 7.83. The van der Waals surface area contributed by atoms with Gasteiger partial charge in [0.15, 0.2) is 0 Å². The Morgan fingerprint density at radius 1 is 1.31 bits per heavy atom. The van der Waals surface area contributed by atoms with Crippen molar-refractivity contribution in [1.82, 2.24) is 5.27 Å². The van der Waals surface area contributed by atoms with Gasteiger partial charge in [0, 0.05) is 12.1 Å². The predicted molar refractivity (Wildman–Crippen MR) is 55.8 cm³/mol. The van der Waals surface area contributed by atoms with Crippen LogP contribution < -0.4 is 14.2 Å². The van der Waals surface area contributed by atoms with Gasteiger partial charge in [0.05, 0.1) is 13.7 Å². The standard InChI is InChI=1S/C11H13N2O3/c1-3-15-11-8-13(12-16-11)9-4-6-10(14-2)7-5-9/h4-8H,3H2,1-2H3/q+1. The number of aromatic nitrogens is 2. The van der Waals surface area contributed by atoms with E-state index in [1.165, 1.54) is 0 Å². The Morgan fingerprint density at radius 2 is 2.06 bits per heavy atom. The van der Waals surface area contributed by atoms with E-state index in [1.807, 2.05) is 31.2 Å². The lowest BCUT2D eigenvalue weighted by atomic mass is 10.3. The van der Waals surface area contributed by atoms with E-state index in [0.29, 0.717) is 12.6 Å². The third-order valence-electron chi connectivity index (χ3n) is 2.07. The monoisotopic (exact) mass is 221 g/mol. The minimum atomic E-state index is 0.401. The van der Waals surface area contributed by atoms with Crippen LogP contribution in [0.1, 0.15) is 6.92 Å². The van der Waals surface area contributed by atoms with Gasteiger partial charge in [-0.2, -0.15) is 0 Å². The first-order valence-electron chi connectivity index (χ1n) is 4.99. The van der Waals surface area contributed by atoms with Gasteiger partial charge in [-0.05, 0) is 23.7 Å². The van der Waals surface area contributed by atoms with Crippen molar-refractivity contribution >= 4 is 0 Å². The second kappa shape index (κ2) is 4.65. The van der Waals surface area contributed by atoms with Gasteiger partial charge in [-0.25, -0.2) is 0 Å². The molecule has 0 aliphatic rings. The number of methoxy groups -OCH3 is 1. The van der Waals surface area contributed by atoms with Crippen LogP contribution in [0.4, 0.5) is 0 Å². The van der Waals surface area contributed by atoms with Crippen LogP contribution in [0.15, 0.2) is 35.0 Å². The lowest BCUT2D eigenvalue weighted by molar-refractivity contribution is -0.670. The van der Waals surface area contributed by atoms with E-state index < -0.39 is 0 Å². The van der Waals surface area contributed by atoms with Crippen LogP contribution >= 0.6 is 0 Å². The van der Waals surface area contributed by atoms with Gasteiger partial charge in [0.2, 0.25) is 11.0 Å². The number of ether oxygens (including phenoxy) is 2. The van der Waals surface area contributed by atoms with Crippen LogP contribution in [0.3, 0.4) is 0 Å². The van der Waals surface area contributed by atoms with Gasteiger partial charge < -0.3 is 9.47 Å². The summed E-state index contributed by atoms with van der Waals surface area (Å²) in [6, 6.07) is 7.49. The van der Waals surface area contributed by atoms with Gasteiger partial charge in [-0.15, -0.1) is 0 Å². The molecule has 2 aromatic rings. The number of rotatable bonds is 4. The molecule has 1 aromatic heterocycles. The highest BCUT2D eigenvalue weighted by molar-refractivity contribution is 5.31. The van der Waals surface area contributed by atoms with Crippen molar-refractivity contribution < 1.29 is 18.7 Å². The first kappa shape index (κ1) is 10.5. The number of hydrogen-bond donors (Lipinski definition) is 0. The third kappa shape index (κ3) is 2.13. The Morgan fingerprint density at radius 3 is 2.69 bits per heavy atom. The molecule has 0 N–H and O–H groups in total. The molecule has 0 unspecified atom stereocenters. The summed E-state index contributed by atoms with van der Waals surface area (Å²) in [6.45, 7) is 2.44. The molecule has 0 saturated heterocycles. The molecule has 5 nitrogen and oxygen atoms in total. The average molecular weight is 221 g/mol. The predicted octanol–water partition coefficient (Wildman–Crippen LogP) is 1.36. The molecular formula is C11H13N2O3+. The van der Waals surface area contributed by atoms with Crippen LogP contribution in [-0.2, 0) is 0 Å². The lowest BCUT2D eigenvalue weighted by Crippen LogP contribution is -2.31. The Labute approximate surface area is 93.2 Å². The maximum atomic E-state index is 5.18. The first-order valence-corrected chi connectivity index (χ1v) is 4.99. The van der Waals surface area contributed by atoms with Gasteiger partial charge >= 0.3 is 5.95 Å². The van der Waals surface area contributed by atoms with Crippen molar-refractivity contribution in [3.05, 3.63) is 30.5 Å². The zero-order valence-corrected chi connectivity index (χ0v) is 9.21. The number of nitrogens with zero attached hydrogens (tertiary/aromatic N) is 2. The third-order valence-corrected chi connectivity index (χ3v) is 2.07. The second-order valence-corrected chi connectivity index (χ2v) is 3.10. The fraction of sp³-hybridized carbons (Fsp3) is 0.273. The molecule has 1 aromatic carbocycles. The van der Waals surface area contributed by atoms with Gasteiger partial charge in [0.25, 0.3) is 6.20 Å². The molecule has 0 spiro atoms. The maximum Gasteiger partial charge on any atom is 0.383 e. The minimum Gasteiger partial charge on any atom is -0.497 e. The van der Waals surface area contributed by atoms with E-state index in [2.05, 4.69) is 5.27 Å². The average Bonchev–Trinajstić information content (AvgIpc) is 2.78. The van der Waals surface area contributed by atoms with E-state index in [1.54, 1.807) is 18.0 Å². The molecule has 0 atom stereocenters. The van der Waals surface area contributed by atoms with Gasteiger partial charge in [0.1, 0.15) is 5.75 Å². The van der Waals surface area contributed by atoms with Crippen molar-refractivity contribution in [3.8, 4) is 17.4 Å². The molecular weight excluding hydrogens is 208 g/mol. The molecule has 16 heavy (non-hydrogen) atoms. The SMILES string of the molecule is CCOc1c[n+](-c2ccc(OC)cc2)no1. The van der Waals surface area contributed by atoms with E-state index in [9.17, 15) is 0 Å². The van der Waals surface area contributed by atoms with Crippen LogP contribution in [0, 0.1) is 0 Å². The zero-order valence-electron chi connectivity index (χ0n) is 9.21. The highest BCUT2D eigenvalue weighted by Crippen LogP contribution is 2.12. The van der Waals surface area contributed by atoms with Crippen LogP contribution in [0.2, 0.25) is 0 Å². The summed E-state index contributed by atoms with van der Waals surface area (Å²) in [5, 5.41) is 3.84. The Hall–Kier alpha value is -2.04. The molecule has 0 saturated carbocycles. The van der Waals surface area contributed by atoms with Gasteiger partial charge in [-0.1, -0.05) is 0 Å². The largest absolute Gasteiger partial charge is 0.497 e. The fourth-order valence-electron chi connectivity index (χ4n) is 1.29. The van der Waals surface area contributed by atoms with Crippen LogP contribution in [0.25, 0.3) is 5.69 Å². The summed E-state index contributed by atoms with van der Waals surface area (Å²) < 4.78 is 16.8. The minimum absolute atomic E-state index is 0.401. The van der Waals surface area contributed by atoms with Crippen molar-refractivity contribution in [2.75, 3.05) is 13.7 Å². The zero-order chi connectivity index (χ0) is 11.4. The molecule has 84 valence electrons. The molecule has 0 bridgehead atoms. The number of hydrogen-bond acceptors (Lipinski definition) is 4. The van der Waals surface area contributed by atoms with E-state index >= 15 is 0 Å². The summed E-state index contributed by atoms with van der Waals surface area (Å²) in [6.07, 6.45) is 1.69. The summed E-state index contributed by atoms with van der Waals surface area (Å²) >= 11 is 0. The van der Waals surface area contributed by atoms with Crippen LogP contribution in [-0.4, -0.2) is 19.0 Å². The van der Waals surface area contributed by atoms with E-state index in [0.717, 1.165) is 11.4 Å². The Bertz CT molecular complexity index is 451. The molecule has 0 fully saturated rings. The fourth-order valence-corrected chi connectivity index (χ4v) is 1.29. The van der Waals surface area contributed by atoms with E-state index in [-0.39, 0.29) is 0 Å². The second-order valence-electron chi connectivity index (χ2n) is 3.10. The smallest absolute Gasteiger partial charge is 0.383 e. The normalized spacial score (nSPS) is 10.1. The molecule has 0 radical (unpaired) electrons. The lowest BCUT2D eigenvalue weighted by Gasteiger charge is -1.95. The Balaban J connectivity index is 2.21. The summed E-state index contributed by atoms with van der Waals surface area (Å²) in [5.41, 5.74) is 0.885. The summed E-state index contributed by atoms with van der Waals surface area (Å²) in [7, 11) is 1.63. The van der Waals surface area contributed by atoms with Crippen LogP contribution in [0.5, 0.6) is 11.7 Å². The van der Waals surface area contributed by atoms with Gasteiger partial charge in [-0.3, -0.25) is 4.52 Å². The molecule has 0 aliphatic heterocycles. The van der Waals surface area contributed by atoms with E-state index in [4.69, 9.17) is 14.0 Å². The van der Waals surface area contributed by atoms with Crippen molar-refractivity contribution in [1.29, 1.82) is 0 Å². The van der Waals surface area contributed by atoms with Crippen molar-refractivity contribution in [3.63, 3.8) is 0 Å². The summed E-state index contributed by atoms with van der Waals surface area (Å²) in [4.78, 5) is 0. The summed E-state index contributed by atoms with van der Waals surface area (Å²) in [5.74, 6) is 1.20. The molecule has 0 amide bonds. The molecule has 1 heterocycles. The highest BCUT2D eigenvalue weighted by Gasteiger charge is 2.15. The maximum absolute atomic E-state index is 5.18. The number of benzene rings is 1.